The van der Waals surface area contributed by atoms with Gasteiger partial charge in [0.05, 0.1) is 4.90 Å². The van der Waals surface area contributed by atoms with Gasteiger partial charge < -0.3 is 0 Å². The zero-order valence-corrected chi connectivity index (χ0v) is 12.8. The number of aromatic nitrogens is 7. The van der Waals surface area contributed by atoms with Gasteiger partial charge in [-0.25, -0.2) is 28.2 Å². The molecule has 0 unspecified atom stereocenters. The number of aromatic amines is 1. The van der Waals surface area contributed by atoms with Crippen LogP contribution in [0.3, 0.4) is 0 Å². The third kappa shape index (κ3) is 2.31. The van der Waals surface area contributed by atoms with Crippen molar-refractivity contribution in [1.82, 2.24) is 35.2 Å². The zero-order chi connectivity index (χ0) is 16.7. The second kappa shape index (κ2) is 5.18. The summed E-state index contributed by atoms with van der Waals surface area (Å²) in [6.07, 6.45) is 3.17. The second-order valence-corrected chi connectivity index (χ2v) is 6.48. The second-order valence-electron chi connectivity index (χ2n) is 4.95. The number of tetrazole rings is 1. The van der Waals surface area contributed by atoms with Crippen molar-refractivity contribution in [2.24, 2.45) is 5.14 Å². The molecule has 10 nitrogen and oxygen atoms in total. The van der Waals surface area contributed by atoms with E-state index in [0.29, 0.717) is 22.3 Å². The summed E-state index contributed by atoms with van der Waals surface area (Å²) in [7, 11) is -3.97. The van der Waals surface area contributed by atoms with Crippen molar-refractivity contribution >= 4 is 15.7 Å². The molecule has 11 heteroatoms. The van der Waals surface area contributed by atoms with Gasteiger partial charge in [0.15, 0.2) is 11.5 Å². The number of benzene rings is 1. The minimum Gasteiger partial charge on any atom is -0.239 e. The Morgan fingerprint density at radius 2 is 2.04 bits per heavy atom. The van der Waals surface area contributed by atoms with Crippen molar-refractivity contribution < 1.29 is 8.42 Å². The highest BCUT2D eigenvalue weighted by molar-refractivity contribution is 7.89. The Balaban J connectivity index is 2.05. The first-order valence-corrected chi connectivity index (χ1v) is 8.28. The van der Waals surface area contributed by atoms with Crippen molar-refractivity contribution in [3.05, 3.63) is 42.9 Å². The van der Waals surface area contributed by atoms with Crippen molar-refractivity contribution in [2.75, 3.05) is 0 Å². The van der Waals surface area contributed by atoms with E-state index in [1.54, 1.807) is 35.0 Å². The smallest absolute Gasteiger partial charge is 0.238 e. The Hall–Kier alpha value is -3.18. The predicted molar refractivity (Wildman–Crippen MR) is 83.0 cm³/mol. The number of H-pyrrole nitrogens is 1. The molecule has 1 aromatic carbocycles. The number of nitrogens with zero attached hydrogens (tertiary/aromatic N) is 6. The molecule has 3 heterocycles. The summed E-state index contributed by atoms with van der Waals surface area (Å²) in [5.74, 6) is 0.202. The van der Waals surface area contributed by atoms with E-state index in [1.165, 1.54) is 12.4 Å². The van der Waals surface area contributed by atoms with Crippen LogP contribution in [0.25, 0.3) is 28.2 Å². The minimum atomic E-state index is -3.97. The Morgan fingerprint density at radius 1 is 1.17 bits per heavy atom. The molecule has 0 saturated heterocycles. The summed E-state index contributed by atoms with van der Waals surface area (Å²) in [6.45, 7) is 0. The van der Waals surface area contributed by atoms with Crippen molar-refractivity contribution in [1.29, 1.82) is 0 Å². The van der Waals surface area contributed by atoms with Crippen molar-refractivity contribution in [3.63, 3.8) is 0 Å². The van der Waals surface area contributed by atoms with Crippen LogP contribution in [0.5, 0.6) is 0 Å². The van der Waals surface area contributed by atoms with Crippen LogP contribution in [0.1, 0.15) is 0 Å². The number of primary sulfonamides is 1. The van der Waals surface area contributed by atoms with Gasteiger partial charge in [-0.2, -0.15) is 5.10 Å². The molecule has 0 fully saturated rings. The van der Waals surface area contributed by atoms with Gasteiger partial charge in [-0.1, -0.05) is 12.1 Å². The molecular formula is C13H10N8O2S. The molecule has 0 atom stereocenters. The van der Waals surface area contributed by atoms with E-state index < -0.39 is 10.0 Å². The summed E-state index contributed by atoms with van der Waals surface area (Å²) in [5.41, 5.74) is 2.27. The van der Waals surface area contributed by atoms with Crippen LogP contribution in [-0.2, 0) is 10.0 Å². The average Bonchev–Trinajstić information content (AvgIpc) is 3.24. The van der Waals surface area contributed by atoms with Gasteiger partial charge >= 0.3 is 0 Å². The summed E-state index contributed by atoms with van der Waals surface area (Å²) in [6, 6.07) is 8.34. The van der Waals surface area contributed by atoms with Gasteiger partial charge in [-0.15, -0.1) is 5.10 Å². The topological polar surface area (TPSA) is 145 Å². The van der Waals surface area contributed by atoms with E-state index in [1.807, 2.05) is 0 Å². The van der Waals surface area contributed by atoms with Gasteiger partial charge in [0, 0.05) is 17.3 Å². The molecule has 24 heavy (non-hydrogen) atoms. The molecule has 4 rings (SSSR count). The van der Waals surface area contributed by atoms with Crippen LogP contribution in [0.4, 0.5) is 0 Å². The predicted octanol–water partition coefficient (Wildman–Crippen LogP) is 0.224. The fourth-order valence-electron chi connectivity index (χ4n) is 2.49. The van der Waals surface area contributed by atoms with Crippen molar-refractivity contribution in [2.45, 2.75) is 4.90 Å². The average molecular weight is 342 g/mol. The number of pyridine rings is 1. The minimum absolute atomic E-state index is 0.0720. The lowest BCUT2D eigenvalue weighted by Crippen LogP contribution is -2.14. The monoisotopic (exact) mass is 342 g/mol. The standard InChI is InChI=1S/C13H10N8O2S/c14-24(22,23)10-3-1-2-9(12(10)13-17-19-20-18-13)8-4-5-11-15-7-16-21(11)6-8/h1-7H,(H2,14,22,23)(H,17,18,19,20). The molecular weight excluding hydrogens is 332 g/mol. The number of hydrogen-bond acceptors (Lipinski definition) is 7. The first-order chi connectivity index (χ1) is 11.5. The van der Waals surface area contributed by atoms with E-state index in [0.717, 1.165) is 0 Å². The third-order valence-electron chi connectivity index (χ3n) is 3.50. The largest absolute Gasteiger partial charge is 0.239 e. The Labute approximate surface area is 135 Å². The van der Waals surface area contributed by atoms with Crippen LogP contribution in [0, 0.1) is 0 Å². The van der Waals surface area contributed by atoms with Gasteiger partial charge in [0.1, 0.15) is 6.33 Å². The molecule has 0 bridgehead atoms. The Bertz CT molecular complexity index is 1130. The van der Waals surface area contributed by atoms with E-state index in [-0.39, 0.29) is 10.7 Å². The highest BCUT2D eigenvalue weighted by Crippen LogP contribution is 2.34. The molecule has 3 N–H and O–H groups in total. The molecule has 0 aliphatic heterocycles. The number of hydrogen-bond donors (Lipinski definition) is 2. The van der Waals surface area contributed by atoms with E-state index in [2.05, 4.69) is 30.7 Å². The molecule has 0 spiro atoms. The van der Waals surface area contributed by atoms with E-state index in [9.17, 15) is 8.42 Å². The Morgan fingerprint density at radius 3 is 2.79 bits per heavy atom. The summed E-state index contributed by atoms with van der Waals surface area (Å²) >= 11 is 0. The maximum atomic E-state index is 12.0. The van der Waals surface area contributed by atoms with Gasteiger partial charge in [-0.05, 0) is 34.2 Å². The lowest BCUT2D eigenvalue weighted by molar-refractivity contribution is 0.598. The van der Waals surface area contributed by atoms with E-state index >= 15 is 0 Å². The Kier molecular flexibility index (Phi) is 3.11. The first kappa shape index (κ1) is 14.4. The summed E-state index contributed by atoms with van der Waals surface area (Å²) in [5, 5.41) is 22.9. The number of sulfonamides is 1. The number of nitrogens with one attached hydrogen (secondary N) is 1. The molecule has 0 aliphatic rings. The normalized spacial score (nSPS) is 11.9. The fourth-order valence-corrected chi connectivity index (χ4v) is 3.25. The maximum absolute atomic E-state index is 12.0. The number of nitrogens with two attached hydrogens (primary N) is 1. The van der Waals surface area contributed by atoms with Gasteiger partial charge in [0.2, 0.25) is 10.0 Å². The highest BCUT2D eigenvalue weighted by Gasteiger charge is 2.22. The van der Waals surface area contributed by atoms with Crippen LogP contribution in [0.2, 0.25) is 0 Å². The van der Waals surface area contributed by atoms with Crippen LogP contribution in [-0.4, -0.2) is 43.6 Å². The summed E-state index contributed by atoms with van der Waals surface area (Å²) < 4.78 is 25.5. The SMILES string of the molecule is NS(=O)(=O)c1cccc(-c2ccc3ncnn3c2)c1-c1nnn[nH]1. The van der Waals surface area contributed by atoms with Crippen molar-refractivity contribution in [3.8, 4) is 22.5 Å². The lowest BCUT2D eigenvalue weighted by Gasteiger charge is -2.11. The quantitative estimate of drug-likeness (QED) is 0.542. The number of fused-ring (bicyclic) bond motifs is 1. The molecule has 3 aromatic heterocycles. The lowest BCUT2D eigenvalue weighted by atomic mass is 10.0. The molecule has 0 saturated carbocycles. The highest BCUT2D eigenvalue weighted by atomic mass is 32.2. The first-order valence-electron chi connectivity index (χ1n) is 6.74. The number of rotatable bonds is 3. The molecule has 0 aliphatic carbocycles. The molecule has 0 radical (unpaired) electrons. The summed E-state index contributed by atoms with van der Waals surface area (Å²) in [4.78, 5) is 4.01. The van der Waals surface area contributed by atoms with Crippen LogP contribution < -0.4 is 5.14 Å². The van der Waals surface area contributed by atoms with Crippen LogP contribution >= 0.6 is 0 Å². The molecule has 4 aromatic rings. The third-order valence-corrected chi connectivity index (χ3v) is 4.45. The molecule has 0 amide bonds. The van der Waals surface area contributed by atoms with Gasteiger partial charge in [0.25, 0.3) is 0 Å². The van der Waals surface area contributed by atoms with E-state index in [4.69, 9.17) is 5.14 Å². The fraction of sp³-hybridized carbons (Fsp3) is 0. The van der Waals surface area contributed by atoms with Crippen LogP contribution in [0.15, 0.2) is 47.8 Å². The molecule has 120 valence electrons. The maximum Gasteiger partial charge on any atom is 0.238 e. The van der Waals surface area contributed by atoms with Gasteiger partial charge in [-0.3, -0.25) is 0 Å². The zero-order valence-electron chi connectivity index (χ0n) is 12.0.